The van der Waals surface area contributed by atoms with Crippen molar-refractivity contribution in [2.45, 2.75) is 83.7 Å². The molecule has 57 heavy (non-hydrogen) atoms. The molecular formula is C42H51N9O6. The molecular weight excluding hydrogens is 727 g/mol. The lowest BCUT2D eigenvalue weighted by Gasteiger charge is -2.33. The normalized spacial score (nSPS) is 16.6. The SMILES string of the molecule is Cc1cc(-c2ncnn3cc(CN(C)CCN4CCC(c5ccc(C6CCC(=O)NC6=O)cc5)CC4)cc23)ccc1CNC(=O)c1noc(C(C)(C)C)n1.O=CO. The fraction of sp³-hybridized carbons (Fsp3) is 0.429. The predicted molar refractivity (Wildman–Crippen MR) is 212 cm³/mol. The van der Waals surface area contributed by atoms with Crippen molar-refractivity contribution in [2.24, 2.45) is 0 Å². The number of imide groups is 1. The number of hydrogen-bond acceptors (Lipinski definition) is 11. The maximum absolute atomic E-state index is 12.7. The fourth-order valence-electron chi connectivity index (χ4n) is 7.41. The van der Waals surface area contributed by atoms with Crippen molar-refractivity contribution in [2.75, 3.05) is 33.2 Å². The first kappa shape index (κ1) is 40.9. The summed E-state index contributed by atoms with van der Waals surface area (Å²) in [5.74, 6) is -0.00383. The van der Waals surface area contributed by atoms with Crippen LogP contribution in [0.2, 0.25) is 0 Å². The Hall–Kier alpha value is -5.80. The average Bonchev–Trinajstić information content (AvgIpc) is 3.86. The van der Waals surface area contributed by atoms with Gasteiger partial charge in [0.15, 0.2) is 0 Å². The maximum Gasteiger partial charge on any atom is 0.292 e. The molecule has 2 aliphatic rings. The Morgan fingerprint density at radius 2 is 1.79 bits per heavy atom. The Labute approximate surface area is 331 Å². The van der Waals surface area contributed by atoms with Gasteiger partial charge in [-0.15, -0.1) is 0 Å². The standard InChI is InChI=1S/C41H49N9O4.CH2O2/c1-26-20-31(10-11-32(26)22-42-39(53)37-46-40(54-47-37)41(2,3)4)36-34-21-27(24-50(34)44-25-43-36)23-48(5)18-19-49-16-14-29(15-17-49)28-6-8-30(9-7-28)33-12-13-35(51)45-38(33)52;2-1-3/h6-11,20-21,24-25,29,33H,12-19,22-23H2,1-5H3,(H,42,53)(H,45,51,52);1H,(H,2,3). The van der Waals surface area contributed by atoms with Crippen molar-refractivity contribution in [1.82, 2.24) is 45.2 Å². The fourth-order valence-corrected chi connectivity index (χ4v) is 7.41. The van der Waals surface area contributed by atoms with Gasteiger partial charge in [0, 0.05) is 49.8 Å². The van der Waals surface area contributed by atoms with Crippen molar-refractivity contribution in [1.29, 1.82) is 0 Å². The van der Waals surface area contributed by atoms with Gasteiger partial charge in [-0.1, -0.05) is 62.3 Å². The molecule has 2 fully saturated rings. The van der Waals surface area contributed by atoms with Crippen LogP contribution in [-0.2, 0) is 32.9 Å². The van der Waals surface area contributed by atoms with Crippen LogP contribution in [0.4, 0.5) is 0 Å². The largest absolute Gasteiger partial charge is 0.483 e. The highest BCUT2D eigenvalue weighted by molar-refractivity contribution is 6.00. The summed E-state index contributed by atoms with van der Waals surface area (Å²) in [5, 5.41) is 20.6. The van der Waals surface area contributed by atoms with Crippen LogP contribution < -0.4 is 10.6 Å². The molecule has 0 bridgehead atoms. The zero-order chi connectivity index (χ0) is 40.7. The summed E-state index contributed by atoms with van der Waals surface area (Å²) in [6, 6.07) is 16.8. The smallest absolute Gasteiger partial charge is 0.292 e. The molecule has 7 rings (SSSR count). The average molecular weight is 778 g/mol. The second kappa shape index (κ2) is 18.0. The van der Waals surface area contributed by atoms with E-state index in [1.54, 1.807) is 6.33 Å². The second-order valence-electron chi connectivity index (χ2n) is 15.9. The highest BCUT2D eigenvalue weighted by atomic mass is 16.5. The van der Waals surface area contributed by atoms with Gasteiger partial charge >= 0.3 is 0 Å². The van der Waals surface area contributed by atoms with E-state index in [0.29, 0.717) is 31.2 Å². The van der Waals surface area contributed by atoms with E-state index in [1.807, 2.05) is 44.3 Å². The zero-order valence-electron chi connectivity index (χ0n) is 33.2. The lowest BCUT2D eigenvalue weighted by atomic mass is 9.86. The van der Waals surface area contributed by atoms with Crippen LogP contribution in [0, 0.1) is 6.92 Å². The number of carbonyl (C=O) groups is 4. The molecule has 300 valence electrons. The second-order valence-corrected chi connectivity index (χ2v) is 15.9. The van der Waals surface area contributed by atoms with Crippen LogP contribution in [-0.4, -0.2) is 97.1 Å². The van der Waals surface area contributed by atoms with Gasteiger partial charge in [-0.3, -0.25) is 24.5 Å². The first-order valence-electron chi connectivity index (χ1n) is 19.3. The molecule has 3 aromatic heterocycles. The molecule has 0 radical (unpaired) electrons. The van der Waals surface area contributed by atoms with Crippen molar-refractivity contribution < 1.29 is 28.8 Å². The van der Waals surface area contributed by atoms with Gasteiger partial charge in [-0.05, 0) is 92.2 Å². The van der Waals surface area contributed by atoms with Gasteiger partial charge in [-0.2, -0.15) is 10.1 Å². The first-order valence-corrected chi connectivity index (χ1v) is 19.3. The third-order valence-electron chi connectivity index (χ3n) is 10.7. The van der Waals surface area contributed by atoms with Crippen LogP contribution >= 0.6 is 0 Å². The Morgan fingerprint density at radius 3 is 2.46 bits per heavy atom. The summed E-state index contributed by atoms with van der Waals surface area (Å²) in [6.07, 6.45) is 6.87. The summed E-state index contributed by atoms with van der Waals surface area (Å²) >= 11 is 0. The van der Waals surface area contributed by atoms with Crippen LogP contribution in [0.15, 0.2) is 65.6 Å². The third kappa shape index (κ3) is 10.1. The minimum Gasteiger partial charge on any atom is -0.483 e. The summed E-state index contributed by atoms with van der Waals surface area (Å²) in [4.78, 5) is 58.7. The Morgan fingerprint density at radius 1 is 1.07 bits per heavy atom. The van der Waals surface area contributed by atoms with Crippen molar-refractivity contribution in [3.8, 4) is 11.3 Å². The van der Waals surface area contributed by atoms with E-state index in [2.05, 4.69) is 90.3 Å². The highest BCUT2D eigenvalue weighted by Crippen LogP contribution is 2.31. The quantitative estimate of drug-likeness (QED) is 0.122. The van der Waals surface area contributed by atoms with Gasteiger partial charge in [0.2, 0.25) is 17.7 Å². The minimum atomic E-state index is -0.377. The summed E-state index contributed by atoms with van der Waals surface area (Å²) in [5.41, 5.74) is 7.96. The number of nitrogens with zero attached hydrogens (tertiary/aromatic N) is 7. The molecule has 5 aromatic rings. The van der Waals surface area contributed by atoms with E-state index < -0.39 is 0 Å². The number of amides is 3. The third-order valence-corrected chi connectivity index (χ3v) is 10.7. The maximum atomic E-state index is 12.7. The molecule has 0 spiro atoms. The number of benzene rings is 2. The molecule has 5 heterocycles. The molecule has 0 aliphatic carbocycles. The monoisotopic (exact) mass is 777 g/mol. The molecule has 0 saturated carbocycles. The van der Waals surface area contributed by atoms with Crippen LogP contribution in [0.3, 0.4) is 0 Å². The lowest BCUT2D eigenvalue weighted by Crippen LogP contribution is -2.39. The molecule has 15 nitrogen and oxygen atoms in total. The van der Waals surface area contributed by atoms with Gasteiger partial charge < -0.3 is 24.7 Å². The first-order chi connectivity index (χ1) is 27.3. The van der Waals surface area contributed by atoms with Gasteiger partial charge in [0.25, 0.3) is 18.2 Å². The molecule has 15 heteroatoms. The number of likely N-dealkylation sites (N-methyl/N-ethyl adjacent to an activating group) is 1. The van der Waals surface area contributed by atoms with E-state index in [9.17, 15) is 14.4 Å². The van der Waals surface area contributed by atoms with Gasteiger partial charge in [0.1, 0.15) is 6.33 Å². The molecule has 2 saturated heterocycles. The minimum absolute atomic E-state index is 0.0291. The molecule has 2 aliphatic heterocycles. The van der Waals surface area contributed by atoms with Crippen molar-refractivity contribution in [3.05, 3.63) is 101 Å². The summed E-state index contributed by atoms with van der Waals surface area (Å²) in [7, 11) is 2.16. The number of piperidine rings is 2. The number of hydrogen-bond donors (Lipinski definition) is 3. The van der Waals surface area contributed by atoms with Crippen molar-refractivity contribution >= 4 is 29.7 Å². The Bertz CT molecular complexity index is 2200. The molecule has 3 amide bonds. The van der Waals surface area contributed by atoms with E-state index in [4.69, 9.17) is 14.4 Å². The number of fused-ring (bicyclic) bond motifs is 1. The van der Waals surface area contributed by atoms with Crippen LogP contribution in [0.25, 0.3) is 16.8 Å². The van der Waals surface area contributed by atoms with E-state index in [1.165, 1.54) is 11.1 Å². The van der Waals surface area contributed by atoms with Gasteiger partial charge in [-0.25, -0.2) is 9.50 Å². The molecule has 2 aromatic carbocycles. The topological polar surface area (TPSA) is 188 Å². The number of aryl methyl sites for hydroxylation is 1. The number of rotatable bonds is 11. The summed E-state index contributed by atoms with van der Waals surface area (Å²) < 4.78 is 7.16. The zero-order valence-corrected chi connectivity index (χ0v) is 33.2. The van der Waals surface area contributed by atoms with E-state index in [0.717, 1.165) is 79.0 Å². The summed E-state index contributed by atoms with van der Waals surface area (Å²) in [6.45, 7) is 12.9. The Kier molecular flexibility index (Phi) is 12.9. The molecule has 3 N–H and O–H groups in total. The van der Waals surface area contributed by atoms with Gasteiger partial charge in [0.05, 0.1) is 17.1 Å². The van der Waals surface area contributed by atoms with E-state index in [-0.39, 0.29) is 41.4 Å². The number of carboxylic acid groups (broad SMARTS) is 1. The lowest BCUT2D eigenvalue weighted by molar-refractivity contribution is -0.134. The number of carbonyl (C=O) groups excluding carboxylic acids is 3. The van der Waals surface area contributed by atoms with E-state index >= 15 is 0 Å². The molecule has 1 unspecified atom stereocenters. The predicted octanol–water partition coefficient (Wildman–Crippen LogP) is 4.85. The number of likely N-dealkylation sites (tertiary alicyclic amines) is 1. The number of aromatic nitrogens is 5. The molecule has 1 atom stereocenters. The van der Waals surface area contributed by atoms with Crippen LogP contribution in [0.5, 0.6) is 0 Å². The number of nitrogens with one attached hydrogen (secondary N) is 2. The van der Waals surface area contributed by atoms with Crippen LogP contribution in [0.1, 0.15) is 103 Å². The highest BCUT2D eigenvalue weighted by Gasteiger charge is 2.29. The Balaban J connectivity index is 0.00000177. The van der Waals surface area contributed by atoms with Crippen molar-refractivity contribution in [3.63, 3.8) is 0 Å².